The lowest BCUT2D eigenvalue weighted by Gasteiger charge is -2.31. The number of carbonyl (C=O) groups is 4. The van der Waals surface area contributed by atoms with Gasteiger partial charge in [-0.3, -0.25) is 19.2 Å². The first-order valence-electron chi connectivity index (χ1n) is 13.4. The molecular formula is C29H45N3O4. The predicted octanol–water partition coefficient (Wildman–Crippen LogP) is 3.80. The first-order chi connectivity index (χ1) is 17.0. The summed E-state index contributed by atoms with van der Waals surface area (Å²) < 4.78 is 0. The van der Waals surface area contributed by atoms with E-state index in [4.69, 9.17) is 0 Å². The SMILES string of the molecule is CCC(C)C(NC(=O)C(C)C(CC(C)C)NC(=O)[C@H](CCc1ccccc1)NC=O)C(=O)C1(C)CC1. The minimum atomic E-state index is -0.697. The fourth-order valence-electron chi connectivity index (χ4n) is 4.49. The normalized spacial score (nSPS) is 18.3. The van der Waals surface area contributed by atoms with Gasteiger partial charge in [0.2, 0.25) is 18.2 Å². The zero-order valence-corrected chi connectivity index (χ0v) is 22.8. The van der Waals surface area contributed by atoms with E-state index in [2.05, 4.69) is 16.0 Å². The molecule has 3 amide bonds. The van der Waals surface area contributed by atoms with Crippen LogP contribution in [0.2, 0.25) is 0 Å². The van der Waals surface area contributed by atoms with E-state index in [-0.39, 0.29) is 34.8 Å². The van der Waals surface area contributed by atoms with Gasteiger partial charge in [0.05, 0.1) is 12.0 Å². The summed E-state index contributed by atoms with van der Waals surface area (Å²) in [6, 6.07) is 8.15. The molecule has 0 radical (unpaired) electrons. The Bertz CT molecular complexity index is 882. The number of ketones is 1. The molecule has 5 atom stereocenters. The minimum Gasteiger partial charge on any atom is -0.351 e. The number of hydrogen-bond donors (Lipinski definition) is 3. The van der Waals surface area contributed by atoms with Crippen molar-refractivity contribution < 1.29 is 19.2 Å². The molecule has 0 aromatic heterocycles. The summed E-state index contributed by atoms with van der Waals surface area (Å²) in [5.41, 5.74) is 0.752. The van der Waals surface area contributed by atoms with E-state index < -0.39 is 24.0 Å². The molecule has 0 bridgehead atoms. The summed E-state index contributed by atoms with van der Waals surface area (Å²) in [5.74, 6) is -0.684. The Labute approximate surface area is 216 Å². The zero-order valence-electron chi connectivity index (χ0n) is 22.8. The second-order valence-electron chi connectivity index (χ2n) is 11.2. The summed E-state index contributed by atoms with van der Waals surface area (Å²) in [6.07, 6.45) is 4.76. The van der Waals surface area contributed by atoms with Crippen LogP contribution in [0.25, 0.3) is 0 Å². The molecule has 36 heavy (non-hydrogen) atoms. The second-order valence-corrected chi connectivity index (χ2v) is 11.2. The summed E-state index contributed by atoms with van der Waals surface area (Å²) in [6.45, 7) is 11.9. The number of rotatable bonds is 16. The Morgan fingerprint density at radius 2 is 1.64 bits per heavy atom. The highest BCUT2D eigenvalue weighted by molar-refractivity contribution is 5.95. The van der Waals surface area contributed by atoms with Crippen molar-refractivity contribution in [2.75, 3.05) is 0 Å². The molecule has 1 aliphatic rings. The van der Waals surface area contributed by atoms with Gasteiger partial charge in [-0.2, -0.15) is 0 Å². The van der Waals surface area contributed by atoms with Crippen LogP contribution in [-0.2, 0) is 25.6 Å². The Morgan fingerprint density at radius 1 is 1.00 bits per heavy atom. The Morgan fingerprint density at radius 3 is 2.17 bits per heavy atom. The lowest BCUT2D eigenvalue weighted by molar-refractivity contribution is -0.134. The molecule has 7 nitrogen and oxygen atoms in total. The van der Waals surface area contributed by atoms with Crippen LogP contribution in [0.1, 0.15) is 79.2 Å². The van der Waals surface area contributed by atoms with E-state index in [1.807, 2.05) is 65.0 Å². The molecule has 0 aliphatic heterocycles. The molecule has 2 rings (SSSR count). The lowest BCUT2D eigenvalue weighted by atomic mass is 9.86. The van der Waals surface area contributed by atoms with Crippen LogP contribution < -0.4 is 16.0 Å². The summed E-state index contributed by atoms with van der Waals surface area (Å²) in [5, 5.41) is 8.70. The molecular weight excluding hydrogens is 454 g/mol. The van der Waals surface area contributed by atoms with Crippen LogP contribution in [0, 0.1) is 23.2 Å². The standard InChI is InChI=1S/C29H45N3O4/c1-7-20(4)25(26(34)29(6)15-16-29)32-27(35)21(5)24(17-19(2)3)31-28(36)23(30-18-33)14-13-22-11-9-8-10-12-22/h8-12,18-21,23-25H,7,13-17H2,1-6H3,(H,30,33)(H,31,36)(H,32,35)/t20?,21?,23-,24?,25?/m0/s1. The van der Waals surface area contributed by atoms with Crippen LogP contribution in [0.3, 0.4) is 0 Å². The number of aryl methyl sites for hydroxylation is 1. The molecule has 1 fully saturated rings. The fourth-order valence-corrected chi connectivity index (χ4v) is 4.49. The van der Waals surface area contributed by atoms with Crippen molar-refractivity contribution in [3.63, 3.8) is 0 Å². The molecule has 0 spiro atoms. The van der Waals surface area contributed by atoms with Crippen LogP contribution in [0.15, 0.2) is 30.3 Å². The van der Waals surface area contributed by atoms with Crippen molar-refractivity contribution in [1.29, 1.82) is 0 Å². The van der Waals surface area contributed by atoms with Crippen molar-refractivity contribution >= 4 is 24.0 Å². The maximum Gasteiger partial charge on any atom is 0.242 e. The average Bonchev–Trinajstić information content (AvgIpc) is 3.61. The summed E-state index contributed by atoms with van der Waals surface area (Å²) >= 11 is 0. The molecule has 0 saturated heterocycles. The number of amides is 3. The smallest absolute Gasteiger partial charge is 0.242 e. The largest absolute Gasteiger partial charge is 0.351 e. The second kappa shape index (κ2) is 13.6. The van der Waals surface area contributed by atoms with Crippen molar-refractivity contribution in [2.24, 2.45) is 23.2 Å². The van der Waals surface area contributed by atoms with Crippen molar-refractivity contribution in [3.05, 3.63) is 35.9 Å². The van der Waals surface area contributed by atoms with Crippen LogP contribution in [0.4, 0.5) is 0 Å². The number of nitrogens with one attached hydrogen (secondary N) is 3. The van der Waals surface area contributed by atoms with Crippen LogP contribution in [0.5, 0.6) is 0 Å². The van der Waals surface area contributed by atoms with E-state index in [9.17, 15) is 19.2 Å². The molecule has 4 unspecified atom stereocenters. The molecule has 1 aromatic rings. The van der Waals surface area contributed by atoms with Gasteiger partial charge in [-0.15, -0.1) is 0 Å². The van der Waals surface area contributed by atoms with Crippen LogP contribution in [-0.4, -0.2) is 42.1 Å². The summed E-state index contributed by atoms with van der Waals surface area (Å²) in [7, 11) is 0. The molecule has 1 aliphatic carbocycles. The predicted molar refractivity (Wildman–Crippen MR) is 142 cm³/mol. The number of carbonyl (C=O) groups excluding carboxylic acids is 4. The molecule has 200 valence electrons. The Hall–Kier alpha value is -2.70. The molecule has 7 heteroatoms. The lowest BCUT2D eigenvalue weighted by Crippen LogP contribution is -2.55. The third-order valence-electron chi connectivity index (χ3n) is 7.61. The topological polar surface area (TPSA) is 104 Å². The van der Waals surface area contributed by atoms with Gasteiger partial charge in [-0.05, 0) is 49.5 Å². The fraction of sp³-hybridized carbons (Fsp3) is 0.655. The first kappa shape index (κ1) is 29.5. The monoisotopic (exact) mass is 499 g/mol. The van der Waals surface area contributed by atoms with E-state index >= 15 is 0 Å². The van der Waals surface area contributed by atoms with E-state index in [0.29, 0.717) is 25.7 Å². The maximum absolute atomic E-state index is 13.3. The van der Waals surface area contributed by atoms with Crippen LogP contribution >= 0.6 is 0 Å². The Kier molecular flexibility index (Phi) is 11.1. The molecule has 0 heterocycles. The van der Waals surface area contributed by atoms with E-state index in [1.54, 1.807) is 6.92 Å². The van der Waals surface area contributed by atoms with Gasteiger partial charge in [0, 0.05) is 11.5 Å². The van der Waals surface area contributed by atoms with Gasteiger partial charge in [-0.1, -0.05) is 78.3 Å². The first-order valence-corrected chi connectivity index (χ1v) is 13.4. The van der Waals surface area contributed by atoms with Gasteiger partial charge in [-0.25, -0.2) is 0 Å². The van der Waals surface area contributed by atoms with E-state index in [1.165, 1.54) is 0 Å². The van der Waals surface area contributed by atoms with Crippen molar-refractivity contribution in [1.82, 2.24) is 16.0 Å². The molecule has 3 N–H and O–H groups in total. The van der Waals surface area contributed by atoms with Gasteiger partial charge < -0.3 is 16.0 Å². The molecule has 1 aromatic carbocycles. The van der Waals surface area contributed by atoms with Crippen molar-refractivity contribution in [3.8, 4) is 0 Å². The third-order valence-corrected chi connectivity index (χ3v) is 7.61. The number of benzene rings is 1. The maximum atomic E-state index is 13.3. The average molecular weight is 500 g/mol. The Balaban J connectivity index is 2.10. The van der Waals surface area contributed by atoms with E-state index in [0.717, 1.165) is 24.8 Å². The number of Topliss-reactive ketones (excluding diaryl/α,β-unsaturated/α-hetero) is 1. The van der Waals surface area contributed by atoms with Gasteiger partial charge in [0.1, 0.15) is 6.04 Å². The zero-order chi connectivity index (χ0) is 26.9. The van der Waals surface area contributed by atoms with Gasteiger partial charge >= 0.3 is 0 Å². The highest BCUT2D eigenvalue weighted by Crippen LogP contribution is 2.47. The van der Waals surface area contributed by atoms with Crippen molar-refractivity contribution in [2.45, 2.75) is 98.2 Å². The van der Waals surface area contributed by atoms with Gasteiger partial charge in [0.15, 0.2) is 5.78 Å². The third kappa shape index (κ3) is 8.45. The van der Waals surface area contributed by atoms with Gasteiger partial charge in [0.25, 0.3) is 0 Å². The molecule has 1 saturated carbocycles. The minimum absolute atomic E-state index is 0.0309. The quantitative estimate of drug-likeness (QED) is 0.301. The summed E-state index contributed by atoms with van der Waals surface area (Å²) in [4.78, 5) is 50.9. The number of hydrogen-bond acceptors (Lipinski definition) is 4. The highest BCUT2D eigenvalue weighted by atomic mass is 16.2. The highest BCUT2D eigenvalue weighted by Gasteiger charge is 2.49.